The van der Waals surface area contributed by atoms with Gasteiger partial charge in [-0.3, -0.25) is 14.8 Å². The van der Waals surface area contributed by atoms with Crippen LogP contribution in [0.3, 0.4) is 0 Å². The first-order valence-corrected chi connectivity index (χ1v) is 11.3. The maximum atomic E-state index is 14.3. The Morgan fingerprint density at radius 1 is 1.24 bits per heavy atom. The van der Waals surface area contributed by atoms with E-state index >= 15 is 0 Å². The molecule has 0 bridgehead atoms. The number of aromatic nitrogens is 2. The van der Waals surface area contributed by atoms with Crippen LogP contribution in [0.2, 0.25) is 0 Å². The summed E-state index contributed by atoms with van der Waals surface area (Å²) in [7, 11) is 0. The molecule has 3 aromatic rings. The Balaban J connectivity index is 1.30. The molecule has 1 atom stereocenters. The number of morpholine rings is 1. The van der Waals surface area contributed by atoms with E-state index in [4.69, 9.17) is 4.74 Å². The third-order valence-electron chi connectivity index (χ3n) is 6.72. The number of hydrogen-bond donors (Lipinski definition) is 3. The lowest BCUT2D eigenvalue weighted by Gasteiger charge is -2.31. The molecule has 7 nitrogen and oxygen atoms in total. The Labute approximate surface area is 196 Å². The van der Waals surface area contributed by atoms with Crippen molar-refractivity contribution in [2.45, 2.75) is 38.6 Å². The van der Waals surface area contributed by atoms with Gasteiger partial charge >= 0.3 is 0 Å². The van der Waals surface area contributed by atoms with Gasteiger partial charge in [0.1, 0.15) is 0 Å². The minimum absolute atomic E-state index is 0.0170. The van der Waals surface area contributed by atoms with Crippen LogP contribution in [-0.2, 0) is 23.4 Å². The molecule has 1 fully saturated rings. The maximum Gasteiger partial charge on any atom is 0.256 e. The van der Waals surface area contributed by atoms with Gasteiger partial charge in [0.25, 0.3) is 5.91 Å². The normalized spacial score (nSPS) is 19.7. The number of halogens is 2. The molecule has 0 radical (unpaired) electrons. The van der Waals surface area contributed by atoms with E-state index in [9.17, 15) is 13.6 Å². The van der Waals surface area contributed by atoms with Gasteiger partial charge in [-0.1, -0.05) is 24.3 Å². The molecule has 2 aromatic carbocycles. The van der Waals surface area contributed by atoms with Gasteiger partial charge in [0.2, 0.25) is 0 Å². The minimum atomic E-state index is -0.861. The van der Waals surface area contributed by atoms with Crippen molar-refractivity contribution < 1.29 is 18.3 Å². The zero-order chi connectivity index (χ0) is 23.9. The van der Waals surface area contributed by atoms with Crippen LogP contribution >= 0.6 is 0 Å². The lowest BCUT2D eigenvalue weighted by Crippen LogP contribution is -2.35. The van der Waals surface area contributed by atoms with Crippen molar-refractivity contribution in [3.8, 4) is 0 Å². The molecule has 1 amide bonds. The molecule has 5 rings (SSSR count). The van der Waals surface area contributed by atoms with Crippen molar-refractivity contribution >= 4 is 11.7 Å². The summed E-state index contributed by atoms with van der Waals surface area (Å²) in [6, 6.07) is 11.6. The predicted molar refractivity (Wildman–Crippen MR) is 123 cm³/mol. The number of aromatic amines is 1. The van der Waals surface area contributed by atoms with Crippen molar-refractivity contribution in [3.63, 3.8) is 0 Å². The van der Waals surface area contributed by atoms with Crippen molar-refractivity contribution in [2.24, 2.45) is 0 Å². The first-order chi connectivity index (χ1) is 16.3. The molecule has 178 valence electrons. The number of amides is 1. The molecule has 1 unspecified atom stereocenters. The van der Waals surface area contributed by atoms with E-state index in [0.29, 0.717) is 24.5 Å². The van der Waals surface area contributed by atoms with Gasteiger partial charge in [0.05, 0.1) is 23.9 Å². The molecule has 1 saturated heterocycles. The summed E-state index contributed by atoms with van der Waals surface area (Å²) in [4.78, 5) is 14.9. The number of anilines is 1. The highest BCUT2D eigenvalue weighted by Crippen LogP contribution is 2.41. The molecule has 3 heterocycles. The van der Waals surface area contributed by atoms with Crippen LogP contribution in [0.15, 0.2) is 42.5 Å². The fraction of sp³-hybridized carbons (Fsp3) is 0.360. The average Bonchev–Trinajstić information content (AvgIpc) is 3.35. The Morgan fingerprint density at radius 3 is 2.76 bits per heavy atom. The number of H-pyrrole nitrogens is 1. The van der Waals surface area contributed by atoms with E-state index in [-0.39, 0.29) is 24.1 Å². The second kappa shape index (κ2) is 8.90. The summed E-state index contributed by atoms with van der Waals surface area (Å²) >= 11 is 0. The van der Waals surface area contributed by atoms with Crippen LogP contribution in [0.1, 0.15) is 52.7 Å². The molecule has 1 aromatic heterocycles. The van der Waals surface area contributed by atoms with Gasteiger partial charge < -0.3 is 15.4 Å². The van der Waals surface area contributed by atoms with E-state index in [1.165, 1.54) is 6.07 Å². The summed E-state index contributed by atoms with van der Waals surface area (Å²) in [5.41, 5.74) is 3.01. The number of ether oxygens (including phenoxy) is 1. The SMILES string of the molecule is CC1(C)c2[nH]nc(NC(=O)c3ccc(C4CNCCO4)cc3)c2CN1Cc1cccc(F)c1F. The van der Waals surface area contributed by atoms with Crippen LogP contribution in [0.25, 0.3) is 0 Å². The quantitative estimate of drug-likeness (QED) is 0.531. The second-order valence-corrected chi connectivity index (χ2v) is 9.19. The highest BCUT2D eigenvalue weighted by atomic mass is 19.2. The summed E-state index contributed by atoms with van der Waals surface area (Å²) in [6.07, 6.45) is -0.0170. The summed E-state index contributed by atoms with van der Waals surface area (Å²) in [6.45, 7) is 6.90. The fourth-order valence-corrected chi connectivity index (χ4v) is 4.61. The van der Waals surface area contributed by atoms with E-state index in [1.807, 2.05) is 30.9 Å². The van der Waals surface area contributed by atoms with Crippen LogP contribution in [0.5, 0.6) is 0 Å². The van der Waals surface area contributed by atoms with E-state index in [0.717, 1.165) is 36.0 Å². The number of benzene rings is 2. The number of rotatable bonds is 5. The first-order valence-electron chi connectivity index (χ1n) is 11.3. The first kappa shape index (κ1) is 22.6. The Morgan fingerprint density at radius 2 is 2.03 bits per heavy atom. The summed E-state index contributed by atoms with van der Waals surface area (Å²) in [5, 5.41) is 13.5. The van der Waals surface area contributed by atoms with Crippen molar-refractivity contribution in [1.82, 2.24) is 20.4 Å². The number of carbonyl (C=O) groups is 1. The van der Waals surface area contributed by atoms with Gasteiger partial charge in [-0.25, -0.2) is 8.78 Å². The number of hydrogen-bond acceptors (Lipinski definition) is 5. The lowest BCUT2D eigenvalue weighted by atomic mass is 10.00. The Hall–Kier alpha value is -3.14. The molecule has 3 N–H and O–H groups in total. The topological polar surface area (TPSA) is 82.3 Å². The predicted octanol–water partition coefficient (Wildman–Crippen LogP) is 3.85. The highest BCUT2D eigenvalue weighted by molar-refractivity contribution is 6.04. The van der Waals surface area contributed by atoms with Gasteiger partial charge in [-0.2, -0.15) is 5.10 Å². The van der Waals surface area contributed by atoms with E-state index in [2.05, 4.69) is 20.8 Å². The smallest absolute Gasteiger partial charge is 0.256 e. The zero-order valence-electron chi connectivity index (χ0n) is 19.1. The summed E-state index contributed by atoms with van der Waals surface area (Å²) in [5.74, 6) is -1.52. The standard InChI is InChI=1S/C25H27F2N5O2/c1-25(2)22-18(14-32(25)13-17-4-3-5-19(26)21(17)27)23(31-30-22)29-24(33)16-8-6-15(7-9-16)20-12-28-10-11-34-20/h3-9,20,28H,10-14H2,1-2H3,(H2,29,30,31,33). The lowest BCUT2D eigenvalue weighted by molar-refractivity contribution is 0.0277. The zero-order valence-corrected chi connectivity index (χ0v) is 19.1. The van der Waals surface area contributed by atoms with Crippen molar-refractivity contribution in [3.05, 3.63) is 82.0 Å². The number of fused-ring (bicyclic) bond motifs is 1. The molecular weight excluding hydrogens is 440 g/mol. The molecule has 0 saturated carbocycles. The molecule has 34 heavy (non-hydrogen) atoms. The van der Waals surface area contributed by atoms with Crippen molar-refractivity contribution in [2.75, 3.05) is 25.0 Å². The molecular formula is C25H27F2N5O2. The Kier molecular flexibility index (Phi) is 5.93. The van der Waals surface area contributed by atoms with Crippen LogP contribution < -0.4 is 10.6 Å². The van der Waals surface area contributed by atoms with Crippen LogP contribution in [-0.4, -0.2) is 40.7 Å². The second-order valence-electron chi connectivity index (χ2n) is 9.19. The maximum absolute atomic E-state index is 14.3. The van der Waals surface area contributed by atoms with E-state index in [1.54, 1.807) is 18.2 Å². The van der Waals surface area contributed by atoms with Gasteiger partial charge in [-0.05, 0) is 37.6 Å². The molecule has 2 aliphatic rings. The number of nitrogens with zero attached hydrogens (tertiary/aromatic N) is 2. The van der Waals surface area contributed by atoms with E-state index < -0.39 is 17.2 Å². The van der Waals surface area contributed by atoms with Gasteiger partial charge in [-0.15, -0.1) is 0 Å². The number of nitrogens with one attached hydrogen (secondary N) is 3. The third kappa shape index (κ3) is 4.11. The molecule has 9 heteroatoms. The number of carbonyl (C=O) groups excluding carboxylic acids is 1. The van der Waals surface area contributed by atoms with Crippen LogP contribution in [0, 0.1) is 11.6 Å². The molecule has 0 aliphatic carbocycles. The van der Waals surface area contributed by atoms with Gasteiger partial charge in [0.15, 0.2) is 17.5 Å². The van der Waals surface area contributed by atoms with Crippen molar-refractivity contribution in [1.29, 1.82) is 0 Å². The molecule has 0 spiro atoms. The minimum Gasteiger partial charge on any atom is -0.371 e. The summed E-state index contributed by atoms with van der Waals surface area (Å²) < 4.78 is 33.7. The van der Waals surface area contributed by atoms with Crippen LogP contribution in [0.4, 0.5) is 14.6 Å². The highest BCUT2D eigenvalue weighted by Gasteiger charge is 2.41. The fourth-order valence-electron chi connectivity index (χ4n) is 4.61. The largest absolute Gasteiger partial charge is 0.371 e. The Bertz CT molecular complexity index is 1200. The third-order valence-corrected chi connectivity index (χ3v) is 6.72. The monoisotopic (exact) mass is 467 g/mol. The van der Waals surface area contributed by atoms with Gasteiger partial charge in [0, 0.05) is 42.9 Å². The average molecular weight is 468 g/mol. The molecule has 2 aliphatic heterocycles.